The van der Waals surface area contributed by atoms with Crippen molar-refractivity contribution in [2.24, 2.45) is 0 Å². The number of nitrogens with two attached hydrogens (primary N) is 1. The first kappa shape index (κ1) is 24.8. The van der Waals surface area contributed by atoms with Gasteiger partial charge in [-0.3, -0.25) is 4.79 Å². The second-order valence-electron chi connectivity index (χ2n) is 10.5. The van der Waals surface area contributed by atoms with Gasteiger partial charge in [-0.1, -0.05) is 0 Å². The molecule has 0 radical (unpaired) electrons. The number of fused-ring (bicyclic) bond motifs is 3. The summed E-state index contributed by atoms with van der Waals surface area (Å²) >= 11 is 0. The molecule has 39 heavy (non-hydrogen) atoms. The normalized spacial score (nSPS) is 14.6. The number of nitrogens with zero attached hydrogens (tertiary/aromatic N) is 4. The highest BCUT2D eigenvalue weighted by Gasteiger charge is 2.31. The number of nitrogen functional groups attached to an aromatic ring is 1. The van der Waals surface area contributed by atoms with Gasteiger partial charge < -0.3 is 31.1 Å². The Morgan fingerprint density at radius 2 is 2.03 bits per heavy atom. The van der Waals surface area contributed by atoms with Gasteiger partial charge in [0, 0.05) is 59.8 Å². The van der Waals surface area contributed by atoms with E-state index in [1.807, 2.05) is 13.0 Å². The molecule has 2 aliphatic rings. The third-order valence-electron chi connectivity index (χ3n) is 6.92. The fraction of sp³-hybridized carbons (Fsp3) is 0.286. The number of aromatic nitrogens is 3. The zero-order valence-corrected chi connectivity index (χ0v) is 21.8. The number of amides is 1. The molecular formula is C28H28FN7O3. The highest BCUT2D eigenvalue weighted by molar-refractivity contribution is 5.99. The summed E-state index contributed by atoms with van der Waals surface area (Å²) < 4.78 is 21.0. The molecule has 11 heteroatoms. The van der Waals surface area contributed by atoms with Crippen LogP contribution in [0.15, 0.2) is 36.7 Å². The van der Waals surface area contributed by atoms with E-state index < -0.39 is 11.4 Å². The lowest BCUT2D eigenvalue weighted by Gasteiger charge is -2.24. The van der Waals surface area contributed by atoms with Gasteiger partial charge in [0.05, 0.1) is 16.8 Å². The fourth-order valence-corrected chi connectivity index (χ4v) is 5.11. The van der Waals surface area contributed by atoms with Gasteiger partial charge in [-0.15, -0.1) is 0 Å². The number of rotatable bonds is 5. The van der Waals surface area contributed by atoms with Crippen molar-refractivity contribution in [2.75, 3.05) is 36.1 Å². The third kappa shape index (κ3) is 4.44. The first-order chi connectivity index (χ1) is 18.6. The van der Waals surface area contributed by atoms with E-state index in [1.54, 1.807) is 43.1 Å². The summed E-state index contributed by atoms with van der Waals surface area (Å²) in [5, 5.41) is 17.0. The first-order valence-corrected chi connectivity index (χ1v) is 12.6. The maximum Gasteiger partial charge on any atom is 0.254 e. The quantitative estimate of drug-likeness (QED) is 0.283. The van der Waals surface area contributed by atoms with Crippen LogP contribution in [0.2, 0.25) is 0 Å². The minimum absolute atomic E-state index is 0.0432. The molecule has 0 atom stereocenters. The Bertz CT molecular complexity index is 1650. The van der Waals surface area contributed by atoms with Crippen LogP contribution in [-0.2, 0) is 6.54 Å². The van der Waals surface area contributed by atoms with Crippen molar-refractivity contribution < 1.29 is 19.0 Å². The predicted octanol–water partition coefficient (Wildman–Crippen LogP) is 4.00. The number of halogens is 1. The number of β-amino-alcohol motifs (C(OH)–C–C–N with tert-alkyl or cyclic N) is 1. The number of ether oxygens (including phenoxy) is 1. The number of carbonyl (C=O) groups is 1. The lowest BCUT2D eigenvalue weighted by Crippen LogP contribution is -2.38. The van der Waals surface area contributed by atoms with Crippen LogP contribution in [0.25, 0.3) is 22.0 Å². The SMILES string of the molecule is Cc1c(-c2cc3nc(Nc4ccc5c(c4)CN(CC(C)(C)O)C5=O)ncc3c(N)c2F)cnc2c1NCCO2. The number of hydrogen-bond acceptors (Lipinski definition) is 9. The van der Waals surface area contributed by atoms with E-state index in [9.17, 15) is 9.90 Å². The van der Waals surface area contributed by atoms with E-state index in [0.29, 0.717) is 59.2 Å². The van der Waals surface area contributed by atoms with Gasteiger partial charge in [0.25, 0.3) is 5.91 Å². The van der Waals surface area contributed by atoms with E-state index in [0.717, 1.165) is 16.8 Å². The van der Waals surface area contributed by atoms with Crippen molar-refractivity contribution in [1.29, 1.82) is 0 Å². The summed E-state index contributed by atoms with van der Waals surface area (Å²) in [5.74, 6) is 0.115. The van der Waals surface area contributed by atoms with Gasteiger partial charge in [-0.05, 0) is 56.2 Å². The Balaban J connectivity index is 1.32. The van der Waals surface area contributed by atoms with Crippen molar-refractivity contribution >= 4 is 39.8 Å². The molecule has 0 aliphatic carbocycles. The highest BCUT2D eigenvalue weighted by atomic mass is 19.1. The molecule has 0 saturated heterocycles. The molecule has 2 aliphatic heterocycles. The van der Waals surface area contributed by atoms with Crippen LogP contribution in [0.4, 0.5) is 27.4 Å². The number of aliphatic hydroxyl groups is 1. The number of benzene rings is 2. The molecule has 6 rings (SSSR count). The molecule has 2 aromatic carbocycles. The Labute approximate surface area is 224 Å². The van der Waals surface area contributed by atoms with E-state index in [-0.39, 0.29) is 23.7 Å². The predicted molar refractivity (Wildman–Crippen MR) is 147 cm³/mol. The Morgan fingerprint density at radius 1 is 1.21 bits per heavy atom. The zero-order valence-electron chi connectivity index (χ0n) is 21.8. The second kappa shape index (κ2) is 9.05. The minimum atomic E-state index is -0.990. The Morgan fingerprint density at radius 3 is 2.82 bits per heavy atom. The largest absolute Gasteiger partial charge is 0.474 e. The molecule has 0 saturated carbocycles. The van der Waals surface area contributed by atoms with Crippen LogP contribution < -0.4 is 21.1 Å². The maximum atomic E-state index is 15.4. The van der Waals surface area contributed by atoms with Crippen molar-refractivity contribution in [1.82, 2.24) is 19.9 Å². The molecule has 0 fully saturated rings. The monoisotopic (exact) mass is 529 g/mol. The van der Waals surface area contributed by atoms with Crippen LogP contribution in [0, 0.1) is 12.7 Å². The zero-order chi connectivity index (χ0) is 27.5. The average molecular weight is 530 g/mol. The standard InChI is InChI=1S/C28H28FN7O3/c1-14-19(10-32-25-24(14)31-6-7-39-25)18-9-21-20(23(30)22(18)29)11-33-27(35-21)34-16-4-5-17-15(8-16)12-36(26(17)37)13-28(2,3)38/h4-5,8-11,31,38H,6-7,12-13,30H2,1-3H3,(H,33,34,35). The van der Waals surface area contributed by atoms with Crippen molar-refractivity contribution in [3.63, 3.8) is 0 Å². The van der Waals surface area contributed by atoms with E-state index in [2.05, 4.69) is 25.6 Å². The third-order valence-corrected chi connectivity index (χ3v) is 6.92. The number of anilines is 4. The Kier molecular flexibility index (Phi) is 5.76. The molecule has 5 N–H and O–H groups in total. The fourth-order valence-electron chi connectivity index (χ4n) is 5.11. The van der Waals surface area contributed by atoms with Crippen LogP contribution in [0.1, 0.15) is 35.3 Å². The summed E-state index contributed by atoms with van der Waals surface area (Å²) in [6, 6.07) is 7.04. The molecule has 1 amide bonds. The topological polar surface area (TPSA) is 139 Å². The van der Waals surface area contributed by atoms with E-state index >= 15 is 4.39 Å². The highest BCUT2D eigenvalue weighted by Crippen LogP contribution is 2.39. The molecule has 2 aromatic heterocycles. The first-order valence-electron chi connectivity index (χ1n) is 12.6. The van der Waals surface area contributed by atoms with Gasteiger partial charge in [-0.2, -0.15) is 0 Å². The summed E-state index contributed by atoms with van der Waals surface area (Å²) in [6.45, 7) is 7.02. The summed E-state index contributed by atoms with van der Waals surface area (Å²) in [5.41, 5.74) is 10.2. The summed E-state index contributed by atoms with van der Waals surface area (Å²) in [7, 11) is 0. The van der Waals surface area contributed by atoms with Gasteiger partial charge >= 0.3 is 0 Å². The lowest BCUT2D eigenvalue weighted by molar-refractivity contribution is 0.0314. The van der Waals surface area contributed by atoms with Crippen LogP contribution in [0.5, 0.6) is 5.88 Å². The molecule has 4 aromatic rings. The van der Waals surface area contributed by atoms with Crippen LogP contribution >= 0.6 is 0 Å². The maximum absolute atomic E-state index is 15.4. The van der Waals surface area contributed by atoms with Crippen molar-refractivity contribution in [3.05, 3.63) is 59.2 Å². The molecule has 0 spiro atoms. The Hall–Kier alpha value is -4.51. The molecule has 200 valence electrons. The minimum Gasteiger partial charge on any atom is -0.474 e. The number of pyridine rings is 1. The van der Waals surface area contributed by atoms with Crippen molar-refractivity contribution in [2.45, 2.75) is 32.9 Å². The summed E-state index contributed by atoms with van der Waals surface area (Å²) in [4.78, 5) is 27.6. The van der Waals surface area contributed by atoms with E-state index in [4.69, 9.17) is 10.5 Å². The van der Waals surface area contributed by atoms with E-state index in [1.165, 1.54) is 6.20 Å². The molecule has 0 bridgehead atoms. The van der Waals surface area contributed by atoms with Crippen LogP contribution in [0.3, 0.4) is 0 Å². The van der Waals surface area contributed by atoms with Gasteiger partial charge in [0.15, 0.2) is 5.82 Å². The molecule has 0 unspecified atom stereocenters. The second-order valence-corrected chi connectivity index (χ2v) is 10.5. The van der Waals surface area contributed by atoms with Gasteiger partial charge in [-0.25, -0.2) is 19.3 Å². The van der Waals surface area contributed by atoms with Gasteiger partial charge in [0.1, 0.15) is 12.3 Å². The summed E-state index contributed by atoms with van der Waals surface area (Å²) in [6.07, 6.45) is 3.07. The van der Waals surface area contributed by atoms with Crippen molar-refractivity contribution in [3.8, 4) is 17.0 Å². The molecule has 4 heterocycles. The van der Waals surface area contributed by atoms with Gasteiger partial charge in [0.2, 0.25) is 11.8 Å². The number of carbonyl (C=O) groups excluding carboxylic acids is 1. The number of hydrogen-bond donors (Lipinski definition) is 4. The number of nitrogens with one attached hydrogen (secondary N) is 2. The average Bonchev–Trinajstić information content (AvgIpc) is 3.19. The smallest absolute Gasteiger partial charge is 0.254 e. The molecule has 10 nitrogen and oxygen atoms in total. The van der Waals surface area contributed by atoms with Crippen LogP contribution in [-0.4, -0.2) is 56.2 Å². The molecular weight excluding hydrogens is 501 g/mol. The lowest BCUT2D eigenvalue weighted by atomic mass is 9.98.